The highest BCUT2D eigenvalue weighted by molar-refractivity contribution is 14.1. The van der Waals surface area contributed by atoms with E-state index in [2.05, 4.69) is 39.7 Å². The number of ether oxygens (including phenoxy) is 1. The molecule has 0 saturated carbocycles. The van der Waals surface area contributed by atoms with Crippen molar-refractivity contribution in [3.8, 4) is 0 Å². The molecular formula is C13H18IN3O3. The minimum atomic E-state index is -0.357. The van der Waals surface area contributed by atoms with Crippen molar-refractivity contribution in [1.82, 2.24) is 4.90 Å². The Bertz CT molecular complexity index is 484. The van der Waals surface area contributed by atoms with E-state index >= 15 is 0 Å². The van der Waals surface area contributed by atoms with E-state index in [9.17, 15) is 10.1 Å². The molecule has 1 aromatic carbocycles. The van der Waals surface area contributed by atoms with Crippen LogP contribution in [0.5, 0.6) is 0 Å². The molecule has 0 bridgehead atoms. The average molecular weight is 391 g/mol. The number of nitro benzene ring substituents is 1. The first-order valence-electron chi connectivity index (χ1n) is 6.62. The Morgan fingerprint density at radius 1 is 1.60 bits per heavy atom. The average Bonchev–Trinajstić information content (AvgIpc) is 2.46. The van der Waals surface area contributed by atoms with Crippen LogP contribution in [-0.4, -0.2) is 48.7 Å². The number of nitro groups is 1. The van der Waals surface area contributed by atoms with Crippen LogP contribution < -0.4 is 5.32 Å². The number of morpholine rings is 1. The summed E-state index contributed by atoms with van der Waals surface area (Å²) in [5.74, 6) is 0. The third-order valence-electron chi connectivity index (χ3n) is 3.35. The lowest BCUT2D eigenvalue weighted by atomic mass is 10.2. The monoisotopic (exact) mass is 391 g/mol. The SMILES string of the molecule is CCN1CCOC(CNc2ccc(I)cc2[N+](=O)[O-])C1. The molecular weight excluding hydrogens is 373 g/mol. The van der Waals surface area contributed by atoms with Gasteiger partial charge in [-0.25, -0.2) is 0 Å². The maximum Gasteiger partial charge on any atom is 0.293 e. The summed E-state index contributed by atoms with van der Waals surface area (Å²) in [7, 11) is 0. The second-order valence-corrected chi connectivity index (χ2v) is 5.93. The number of halogens is 1. The van der Waals surface area contributed by atoms with Crippen molar-refractivity contribution in [2.45, 2.75) is 13.0 Å². The molecule has 7 heteroatoms. The van der Waals surface area contributed by atoms with Gasteiger partial charge in [0.05, 0.1) is 17.6 Å². The summed E-state index contributed by atoms with van der Waals surface area (Å²) >= 11 is 2.07. The Morgan fingerprint density at radius 3 is 3.10 bits per heavy atom. The smallest absolute Gasteiger partial charge is 0.293 e. The number of nitrogens with zero attached hydrogens (tertiary/aromatic N) is 2. The van der Waals surface area contributed by atoms with Crippen molar-refractivity contribution in [3.05, 3.63) is 31.9 Å². The predicted octanol–water partition coefficient (Wildman–Crippen LogP) is 2.33. The van der Waals surface area contributed by atoms with Crippen LogP contribution in [0.1, 0.15) is 6.92 Å². The summed E-state index contributed by atoms with van der Waals surface area (Å²) in [4.78, 5) is 13.0. The van der Waals surface area contributed by atoms with Gasteiger partial charge in [0.2, 0.25) is 0 Å². The Labute approximate surface area is 131 Å². The Balaban J connectivity index is 1.98. The first-order chi connectivity index (χ1) is 9.60. The predicted molar refractivity (Wildman–Crippen MR) is 86.2 cm³/mol. The summed E-state index contributed by atoms with van der Waals surface area (Å²) in [6.45, 7) is 6.24. The van der Waals surface area contributed by atoms with E-state index in [0.717, 1.165) is 29.8 Å². The molecule has 110 valence electrons. The van der Waals surface area contributed by atoms with Crippen LogP contribution >= 0.6 is 22.6 Å². The lowest BCUT2D eigenvalue weighted by molar-refractivity contribution is -0.384. The van der Waals surface area contributed by atoms with Crippen LogP contribution in [0.2, 0.25) is 0 Å². The third kappa shape index (κ3) is 4.03. The highest BCUT2D eigenvalue weighted by Crippen LogP contribution is 2.26. The van der Waals surface area contributed by atoms with Crippen LogP contribution in [-0.2, 0) is 4.74 Å². The van der Waals surface area contributed by atoms with Crippen LogP contribution in [0.15, 0.2) is 18.2 Å². The quantitative estimate of drug-likeness (QED) is 0.474. The first-order valence-corrected chi connectivity index (χ1v) is 7.69. The molecule has 1 atom stereocenters. The largest absolute Gasteiger partial charge is 0.377 e. The van der Waals surface area contributed by atoms with Crippen molar-refractivity contribution in [1.29, 1.82) is 0 Å². The van der Waals surface area contributed by atoms with E-state index in [0.29, 0.717) is 12.2 Å². The van der Waals surface area contributed by atoms with Gasteiger partial charge in [0, 0.05) is 29.3 Å². The molecule has 1 heterocycles. The second-order valence-electron chi connectivity index (χ2n) is 4.69. The lowest BCUT2D eigenvalue weighted by Crippen LogP contribution is -2.45. The highest BCUT2D eigenvalue weighted by atomic mass is 127. The standard InChI is InChI=1S/C13H18IN3O3/c1-2-16-5-6-20-11(9-16)8-15-12-4-3-10(14)7-13(12)17(18)19/h3-4,7,11,15H,2,5-6,8-9H2,1H3. The number of nitrogens with one attached hydrogen (secondary N) is 1. The molecule has 1 fully saturated rings. The van der Waals surface area contributed by atoms with Gasteiger partial charge in [0.1, 0.15) is 5.69 Å². The van der Waals surface area contributed by atoms with Gasteiger partial charge in [0.15, 0.2) is 0 Å². The van der Waals surface area contributed by atoms with Gasteiger partial charge in [-0.15, -0.1) is 0 Å². The Hall–Kier alpha value is -0.930. The van der Waals surface area contributed by atoms with Crippen LogP contribution in [0, 0.1) is 13.7 Å². The molecule has 6 nitrogen and oxygen atoms in total. The van der Waals surface area contributed by atoms with Crippen molar-refractivity contribution in [2.24, 2.45) is 0 Å². The fraction of sp³-hybridized carbons (Fsp3) is 0.538. The number of hydrogen-bond acceptors (Lipinski definition) is 5. The zero-order valence-corrected chi connectivity index (χ0v) is 13.5. The third-order valence-corrected chi connectivity index (χ3v) is 4.02. The highest BCUT2D eigenvalue weighted by Gasteiger charge is 2.20. The van der Waals surface area contributed by atoms with Gasteiger partial charge >= 0.3 is 0 Å². The van der Waals surface area contributed by atoms with Crippen LogP contribution in [0.4, 0.5) is 11.4 Å². The van der Waals surface area contributed by atoms with E-state index in [1.54, 1.807) is 12.1 Å². The molecule has 1 aliphatic rings. The molecule has 0 aromatic heterocycles. The Kier molecular flexibility index (Phi) is 5.55. The topological polar surface area (TPSA) is 67.6 Å². The summed E-state index contributed by atoms with van der Waals surface area (Å²) in [6, 6.07) is 5.18. The number of anilines is 1. The summed E-state index contributed by atoms with van der Waals surface area (Å²) in [5.41, 5.74) is 0.660. The molecule has 1 unspecified atom stereocenters. The minimum Gasteiger partial charge on any atom is -0.377 e. The minimum absolute atomic E-state index is 0.0718. The molecule has 2 rings (SSSR count). The van der Waals surface area contributed by atoms with Crippen molar-refractivity contribution in [3.63, 3.8) is 0 Å². The summed E-state index contributed by atoms with van der Waals surface area (Å²) in [6.07, 6.45) is 0.0718. The lowest BCUT2D eigenvalue weighted by Gasteiger charge is -2.32. The van der Waals surface area contributed by atoms with Crippen LogP contribution in [0.3, 0.4) is 0 Å². The van der Waals surface area contributed by atoms with Gasteiger partial charge < -0.3 is 10.1 Å². The fourth-order valence-corrected chi connectivity index (χ4v) is 2.70. The maximum atomic E-state index is 11.0. The van der Waals surface area contributed by atoms with Gasteiger partial charge in [-0.3, -0.25) is 15.0 Å². The zero-order valence-electron chi connectivity index (χ0n) is 11.3. The van der Waals surface area contributed by atoms with E-state index in [1.165, 1.54) is 0 Å². The number of rotatable bonds is 5. The van der Waals surface area contributed by atoms with Gasteiger partial charge in [-0.05, 0) is 41.3 Å². The maximum absolute atomic E-state index is 11.0. The fourth-order valence-electron chi connectivity index (χ4n) is 2.22. The number of likely N-dealkylation sites (N-methyl/N-ethyl adjacent to an activating group) is 1. The zero-order chi connectivity index (χ0) is 14.5. The number of hydrogen-bond donors (Lipinski definition) is 1. The van der Waals surface area contributed by atoms with E-state index in [4.69, 9.17) is 4.74 Å². The molecule has 1 N–H and O–H groups in total. The van der Waals surface area contributed by atoms with Gasteiger partial charge in [-0.1, -0.05) is 6.92 Å². The van der Waals surface area contributed by atoms with E-state index in [1.807, 2.05) is 6.07 Å². The molecule has 1 aromatic rings. The molecule has 1 saturated heterocycles. The molecule has 0 radical (unpaired) electrons. The van der Waals surface area contributed by atoms with Crippen molar-refractivity contribution in [2.75, 3.05) is 38.1 Å². The normalized spacial score (nSPS) is 19.8. The van der Waals surface area contributed by atoms with Crippen molar-refractivity contribution < 1.29 is 9.66 Å². The molecule has 0 aliphatic carbocycles. The molecule has 0 spiro atoms. The van der Waals surface area contributed by atoms with E-state index in [-0.39, 0.29) is 16.7 Å². The summed E-state index contributed by atoms with van der Waals surface area (Å²) in [5, 5.41) is 14.2. The van der Waals surface area contributed by atoms with Crippen LogP contribution in [0.25, 0.3) is 0 Å². The first kappa shape index (κ1) is 15.5. The second kappa shape index (κ2) is 7.19. The van der Waals surface area contributed by atoms with Crippen molar-refractivity contribution >= 4 is 34.0 Å². The van der Waals surface area contributed by atoms with E-state index < -0.39 is 0 Å². The van der Waals surface area contributed by atoms with Gasteiger partial charge in [0.25, 0.3) is 5.69 Å². The van der Waals surface area contributed by atoms with Gasteiger partial charge in [-0.2, -0.15) is 0 Å². The number of benzene rings is 1. The summed E-state index contributed by atoms with van der Waals surface area (Å²) < 4.78 is 6.53. The molecule has 0 amide bonds. The molecule has 20 heavy (non-hydrogen) atoms. The molecule has 1 aliphatic heterocycles. The Morgan fingerprint density at radius 2 is 2.40 bits per heavy atom.